The third-order valence-electron chi connectivity index (χ3n) is 2.11. The van der Waals surface area contributed by atoms with Crippen molar-refractivity contribution >= 4 is 17.7 Å². The van der Waals surface area contributed by atoms with Crippen molar-refractivity contribution in [2.45, 2.75) is 13.3 Å². The molecule has 0 atom stereocenters. The molecule has 2 aromatic heterocycles. The Morgan fingerprint density at radius 3 is 3.06 bits per heavy atom. The summed E-state index contributed by atoms with van der Waals surface area (Å²) >= 11 is 0. The number of pyridine rings is 1. The minimum absolute atomic E-state index is 0.119. The molecule has 3 N–H and O–H groups in total. The summed E-state index contributed by atoms with van der Waals surface area (Å²) in [5, 5.41) is 18.4. The summed E-state index contributed by atoms with van der Waals surface area (Å²) in [4.78, 5) is 16.0. The summed E-state index contributed by atoms with van der Waals surface area (Å²) in [6.07, 6.45) is 0.987. The maximum atomic E-state index is 11.8. The summed E-state index contributed by atoms with van der Waals surface area (Å²) in [6.45, 7) is 2.86. The van der Waals surface area contributed by atoms with Crippen LogP contribution < -0.4 is 10.6 Å². The van der Waals surface area contributed by atoms with Gasteiger partial charge in [-0.25, -0.2) is 4.98 Å². The van der Waals surface area contributed by atoms with Crippen LogP contribution in [0.2, 0.25) is 0 Å². The van der Waals surface area contributed by atoms with Crippen LogP contribution in [-0.2, 0) is 0 Å². The van der Waals surface area contributed by atoms with Crippen molar-refractivity contribution < 1.29 is 4.79 Å². The summed E-state index contributed by atoms with van der Waals surface area (Å²) in [6, 6.07) is 5.18. The van der Waals surface area contributed by atoms with Crippen LogP contribution in [0.25, 0.3) is 0 Å². The Balaban J connectivity index is 2.05. The van der Waals surface area contributed by atoms with E-state index in [1.54, 1.807) is 18.2 Å². The molecule has 0 spiro atoms. The molecule has 0 aliphatic heterocycles. The summed E-state index contributed by atoms with van der Waals surface area (Å²) in [5.41, 5.74) is 0.293. The summed E-state index contributed by atoms with van der Waals surface area (Å²) in [5.74, 6) is 0.405. The Hall–Kier alpha value is -2.51. The number of amides is 1. The number of nitrogens with zero attached hydrogens (tertiary/aromatic N) is 4. The highest BCUT2D eigenvalue weighted by Crippen LogP contribution is 2.06. The fourth-order valence-corrected chi connectivity index (χ4v) is 1.29. The Morgan fingerprint density at radius 1 is 1.44 bits per heavy atom. The predicted octanol–water partition coefficient (Wildman–Crippen LogP) is 0.669. The van der Waals surface area contributed by atoms with Crippen LogP contribution in [0, 0.1) is 0 Å². The first-order valence-corrected chi connectivity index (χ1v) is 5.55. The second-order valence-corrected chi connectivity index (χ2v) is 3.52. The lowest BCUT2D eigenvalue weighted by molar-refractivity contribution is 0.102. The quantitative estimate of drug-likeness (QED) is 0.716. The van der Waals surface area contributed by atoms with E-state index in [2.05, 4.69) is 43.2 Å². The lowest BCUT2D eigenvalue weighted by atomic mass is 10.3. The number of hydrogen-bond acceptors (Lipinski definition) is 6. The van der Waals surface area contributed by atoms with Crippen LogP contribution in [0.15, 0.2) is 18.2 Å². The van der Waals surface area contributed by atoms with E-state index in [-0.39, 0.29) is 11.9 Å². The minimum atomic E-state index is -0.378. The molecule has 94 valence electrons. The molecule has 8 heteroatoms. The van der Waals surface area contributed by atoms with Gasteiger partial charge >= 0.3 is 0 Å². The second-order valence-electron chi connectivity index (χ2n) is 3.52. The molecule has 2 rings (SSSR count). The molecular formula is C10H13N7O. The van der Waals surface area contributed by atoms with Gasteiger partial charge in [0.1, 0.15) is 11.5 Å². The Bertz CT molecular complexity index is 511. The first-order valence-electron chi connectivity index (χ1n) is 5.55. The Labute approximate surface area is 103 Å². The molecule has 0 saturated heterocycles. The van der Waals surface area contributed by atoms with Gasteiger partial charge in [0.25, 0.3) is 11.9 Å². The number of carbonyl (C=O) groups excluding carboxylic acids is 1. The molecule has 2 heterocycles. The number of carbonyl (C=O) groups is 1. The third-order valence-corrected chi connectivity index (χ3v) is 2.11. The van der Waals surface area contributed by atoms with Gasteiger partial charge in [-0.3, -0.25) is 10.1 Å². The van der Waals surface area contributed by atoms with E-state index in [1.807, 2.05) is 0 Å². The molecule has 0 radical (unpaired) electrons. The molecule has 0 saturated carbocycles. The maximum Gasteiger partial charge on any atom is 0.276 e. The van der Waals surface area contributed by atoms with Crippen LogP contribution in [-0.4, -0.2) is 38.1 Å². The number of aromatic nitrogens is 5. The highest BCUT2D eigenvalue weighted by atomic mass is 16.2. The van der Waals surface area contributed by atoms with E-state index in [4.69, 9.17) is 0 Å². The van der Waals surface area contributed by atoms with E-state index in [0.717, 1.165) is 13.0 Å². The molecule has 0 unspecified atom stereocenters. The number of nitrogens with one attached hydrogen (secondary N) is 3. The number of tetrazole rings is 1. The van der Waals surface area contributed by atoms with Gasteiger partial charge in [0.15, 0.2) is 0 Å². The van der Waals surface area contributed by atoms with E-state index >= 15 is 0 Å². The summed E-state index contributed by atoms with van der Waals surface area (Å²) in [7, 11) is 0. The number of H-pyrrole nitrogens is 1. The Kier molecular flexibility index (Phi) is 3.79. The zero-order chi connectivity index (χ0) is 12.8. The van der Waals surface area contributed by atoms with Gasteiger partial charge in [-0.15, -0.1) is 5.10 Å². The molecule has 1 amide bonds. The van der Waals surface area contributed by atoms with E-state index in [1.165, 1.54) is 0 Å². The molecule has 8 nitrogen and oxygen atoms in total. The van der Waals surface area contributed by atoms with Crippen molar-refractivity contribution in [3.63, 3.8) is 0 Å². The normalized spacial score (nSPS) is 10.1. The van der Waals surface area contributed by atoms with E-state index in [9.17, 15) is 4.79 Å². The van der Waals surface area contributed by atoms with Crippen molar-refractivity contribution in [2.75, 3.05) is 17.2 Å². The number of anilines is 2. The third kappa shape index (κ3) is 3.00. The van der Waals surface area contributed by atoms with Gasteiger partial charge in [0, 0.05) is 6.54 Å². The second kappa shape index (κ2) is 5.71. The smallest absolute Gasteiger partial charge is 0.276 e. The Morgan fingerprint density at radius 2 is 2.33 bits per heavy atom. The first-order chi connectivity index (χ1) is 8.79. The van der Waals surface area contributed by atoms with E-state index in [0.29, 0.717) is 11.5 Å². The van der Waals surface area contributed by atoms with Crippen LogP contribution in [0.1, 0.15) is 23.8 Å². The fourth-order valence-electron chi connectivity index (χ4n) is 1.29. The average molecular weight is 247 g/mol. The first kappa shape index (κ1) is 12.0. The van der Waals surface area contributed by atoms with Crippen molar-refractivity contribution in [3.05, 3.63) is 23.9 Å². The van der Waals surface area contributed by atoms with E-state index < -0.39 is 0 Å². The standard InChI is InChI=1S/C10H13N7O/c1-2-6-11-8-5-3-4-7(12-8)9(18)13-10-14-16-17-15-10/h3-5H,2,6H2,1H3,(H,11,12)(H2,13,14,15,16,17,18). The van der Waals surface area contributed by atoms with Gasteiger partial charge in [-0.05, 0) is 23.8 Å². The SMILES string of the molecule is CCCNc1cccc(C(=O)Nc2nn[nH]n2)n1. The molecule has 0 aliphatic carbocycles. The zero-order valence-electron chi connectivity index (χ0n) is 9.84. The topological polar surface area (TPSA) is 108 Å². The lowest BCUT2D eigenvalue weighted by Crippen LogP contribution is -2.15. The van der Waals surface area contributed by atoms with Gasteiger partial charge in [-0.2, -0.15) is 5.21 Å². The molecule has 0 aromatic carbocycles. The molecule has 18 heavy (non-hydrogen) atoms. The van der Waals surface area contributed by atoms with Crippen LogP contribution >= 0.6 is 0 Å². The van der Waals surface area contributed by atoms with Gasteiger partial charge in [-0.1, -0.05) is 18.1 Å². The monoisotopic (exact) mass is 247 g/mol. The average Bonchev–Trinajstić information content (AvgIpc) is 2.89. The number of hydrogen-bond donors (Lipinski definition) is 3. The van der Waals surface area contributed by atoms with Gasteiger partial charge < -0.3 is 5.32 Å². The minimum Gasteiger partial charge on any atom is -0.370 e. The maximum absolute atomic E-state index is 11.8. The van der Waals surface area contributed by atoms with Gasteiger partial charge in [0.2, 0.25) is 0 Å². The number of rotatable bonds is 5. The van der Waals surface area contributed by atoms with Crippen molar-refractivity contribution in [1.82, 2.24) is 25.6 Å². The largest absolute Gasteiger partial charge is 0.370 e. The van der Waals surface area contributed by atoms with Gasteiger partial charge in [0.05, 0.1) is 0 Å². The molecule has 2 aromatic rings. The number of aromatic amines is 1. The van der Waals surface area contributed by atoms with Crippen LogP contribution in [0.3, 0.4) is 0 Å². The molecular weight excluding hydrogens is 234 g/mol. The molecule has 0 aliphatic rings. The van der Waals surface area contributed by atoms with Crippen LogP contribution in [0.4, 0.5) is 11.8 Å². The summed E-state index contributed by atoms with van der Waals surface area (Å²) < 4.78 is 0. The molecule has 0 fully saturated rings. The zero-order valence-corrected chi connectivity index (χ0v) is 9.84. The predicted molar refractivity (Wildman–Crippen MR) is 65.1 cm³/mol. The highest BCUT2D eigenvalue weighted by molar-refractivity contribution is 6.01. The van der Waals surface area contributed by atoms with Crippen molar-refractivity contribution in [2.24, 2.45) is 0 Å². The van der Waals surface area contributed by atoms with Crippen molar-refractivity contribution in [1.29, 1.82) is 0 Å². The van der Waals surface area contributed by atoms with Crippen molar-refractivity contribution in [3.8, 4) is 0 Å². The molecule has 0 bridgehead atoms. The highest BCUT2D eigenvalue weighted by Gasteiger charge is 2.10. The fraction of sp³-hybridized carbons (Fsp3) is 0.300. The lowest BCUT2D eigenvalue weighted by Gasteiger charge is -2.05. The van der Waals surface area contributed by atoms with Crippen LogP contribution in [0.5, 0.6) is 0 Å².